The third-order valence-corrected chi connectivity index (χ3v) is 8.18. The Kier molecular flexibility index (Phi) is 6.24. The van der Waals surface area contributed by atoms with Gasteiger partial charge in [0.05, 0.1) is 45.2 Å². The summed E-state index contributed by atoms with van der Waals surface area (Å²) in [6.45, 7) is 11.7. The Morgan fingerprint density at radius 1 is 0.595 bits per heavy atom. The van der Waals surface area contributed by atoms with Crippen molar-refractivity contribution < 1.29 is 0 Å². The Morgan fingerprint density at radius 2 is 0.929 bits per heavy atom. The van der Waals surface area contributed by atoms with Crippen molar-refractivity contribution in [2.45, 2.75) is 41.5 Å². The van der Waals surface area contributed by atoms with Crippen LogP contribution in [0.2, 0.25) is 0 Å². The van der Waals surface area contributed by atoms with Crippen LogP contribution in [0.25, 0.3) is 44.0 Å². The number of fused-ring (bicyclic) bond motifs is 3. The van der Waals surface area contributed by atoms with Gasteiger partial charge in [-0.15, -0.1) is 0 Å². The van der Waals surface area contributed by atoms with Gasteiger partial charge < -0.3 is 8.96 Å². The first-order valence-electron chi connectivity index (χ1n) is 13.4. The third-order valence-electron chi connectivity index (χ3n) is 8.18. The Balaban J connectivity index is 1.72. The number of nitriles is 2. The van der Waals surface area contributed by atoms with Crippen LogP contribution < -0.4 is 10.7 Å². The summed E-state index contributed by atoms with van der Waals surface area (Å²) in [6, 6.07) is 12.5. The summed E-state index contributed by atoms with van der Waals surface area (Å²) < 4.78 is 2.92. The first-order valence-corrected chi connectivity index (χ1v) is 13.4. The van der Waals surface area contributed by atoms with E-state index in [4.69, 9.17) is 25.9 Å². The van der Waals surface area contributed by atoms with Crippen molar-refractivity contribution in [3.8, 4) is 12.1 Å². The first-order chi connectivity index (χ1) is 20.0. The van der Waals surface area contributed by atoms with Crippen LogP contribution in [0.3, 0.4) is 0 Å². The van der Waals surface area contributed by atoms with Gasteiger partial charge in [-0.1, -0.05) is 0 Å². The molecule has 0 aliphatic heterocycles. The molecule has 0 aliphatic rings. The fraction of sp³-hybridized carbons (Fsp3) is 0.188. The van der Waals surface area contributed by atoms with Crippen LogP contribution in [0.4, 0.5) is 0 Å². The van der Waals surface area contributed by atoms with Crippen LogP contribution in [-0.4, -0.2) is 44.9 Å². The van der Waals surface area contributed by atoms with E-state index in [9.17, 15) is 10.5 Å². The van der Waals surface area contributed by atoms with Crippen molar-refractivity contribution in [3.63, 3.8) is 0 Å². The highest BCUT2D eigenvalue weighted by Gasteiger charge is 2.22. The number of hydrogen-bond donors (Lipinski definition) is 0. The predicted molar refractivity (Wildman–Crippen MR) is 165 cm³/mol. The summed E-state index contributed by atoms with van der Waals surface area (Å²) in [6.07, 6.45) is 3.17. The van der Waals surface area contributed by atoms with Crippen LogP contribution >= 0.6 is 0 Å². The largest absolute Gasteiger partial charge is 0.399 e. The van der Waals surface area contributed by atoms with Gasteiger partial charge in [-0.2, -0.15) is 10.5 Å². The molecule has 8 nitrogen and oxygen atoms in total. The molecule has 0 unspecified atom stereocenters. The molecular weight excluding hydrogens is 518 g/mol. The van der Waals surface area contributed by atoms with Gasteiger partial charge in [0, 0.05) is 22.2 Å². The molecule has 0 spiro atoms. The van der Waals surface area contributed by atoms with Gasteiger partial charge in [0.15, 0.2) is 0 Å². The molecular formula is C32H24B2N8. The molecule has 0 bridgehead atoms. The lowest BCUT2D eigenvalue weighted by molar-refractivity contribution is 1.07. The minimum Gasteiger partial charge on any atom is -0.399 e. The highest BCUT2D eigenvalue weighted by molar-refractivity contribution is 6.14. The maximum absolute atomic E-state index is 10.4. The number of rotatable bonds is 2. The topological polar surface area (TPSA) is 109 Å². The zero-order valence-corrected chi connectivity index (χ0v) is 24.2. The van der Waals surface area contributed by atoms with Crippen molar-refractivity contribution in [1.82, 2.24) is 28.9 Å². The fourth-order valence-electron chi connectivity index (χ4n) is 5.49. The van der Waals surface area contributed by atoms with Crippen molar-refractivity contribution in [1.29, 1.82) is 10.5 Å². The van der Waals surface area contributed by atoms with Crippen LogP contribution in [0.15, 0.2) is 36.7 Å². The van der Waals surface area contributed by atoms with Gasteiger partial charge >= 0.3 is 0 Å². The third kappa shape index (κ3) is 3.91. The van der Waals surface area contributed by atoms with E-state index in [-0.39, 0.29) is 11.1 Å². The molecule has 0 saturated carbocycles. The molecule has 2 aromatic carbocycles. The standard InChI is InChI=1S/C32H24B2N8/c1-15-7-23-25(9-17(15)3)39-27(13-37-23)21(11-35)31-29-19(5)42(34)32(30(29)20(6)41(31)33)22(12-36)28-14-38-24-8-16(2)18(4)10-26(24)40-28/h7-10,13-14H,1-6H3/b31-21-,32-22-. The molecule has 0 aliphatic carbocycles. The second-order valence-corrected chi connectivity index (χ2v) is 10.7. The molecule has 0 amide bonds. The van der Waals surface area contributed by atoms with E-state index in [0.29, 0.717) is 55.3 Å². The van der Waals surface area contributed by atoms with E-state index in [1.54, 1.807) is 12.4 Å². The van der Waals surface area contributed by atoms with Crippen LogP contribution in [-0.2, 0) is 0 Å². The lowest BCUT2D eigenvalue weighted by Gasteiger charge is -2.08. The summed E-state index contributed by atoms with van der Waals surface area (Å²) in [5.41, 5.74) is 9.76. The maximum atomic E-state index is 10.4. The van der Waals surface area contributed by atoms with E-state index in [2.05, 4.69) is 22.1 Å². The zero-order valence-electron chi connectivity index (χ0n) is 24.2. The van der Waals surface area contributed by atoms with E-state index in [1.807, 2.05) is 65.8 Å². The number of aromatic nitrogens is 6. The summed E-state index contributed by atoms with van der Waals surface area (Å²) in [5, 5.41) is 23.0. The average molecular weight is 542 g/mol. The van der Waals surface area contributed by atoms with E-state index < -0.39 is 0 Å². The Bertz CT molecular complexity index is 2200. The number of benzene rings is 2. The molecule has 198 valence electrons. The molecule has 4 aromatic heterocycles. The monoisotopic (exact) mass is 542 g/mol. The average Bonchev–Trinajstić information content (AvgIpc) is 3.36. The summed E-state index contributed by atoms with van der Waals surface area (Å²) >= 11 is 0. The minimum absolute atomic E-state index is 0.248. The number of aryl methyl sites for hydroxylation is 6. The Hall–Kier alpha value is -5.21. The van der Waals surface area contributed by atoms with Gasteiger partial charge in [0.1, 0.15) is 34.7 Å². The van der Waals surface area contributed by atoms with E-state index in [1.165, 1.54) is 8.96 Å². The molecule has 0 N–H and O–H groups in total. The molecule has 6 aromatic rings. The van der Waals surface area contributed by atoms with Gasteiger partial charge in [0.2, 0.25) is 16.0 Å². The molecule has 4 heterocycles. The quantitative estimate of drug-likeness (QED) is 0.310. The minimum atomic E-state index is 0.248. The predicted octanol–water partition coefficient (Wildman–Crippen LogP) is 3.49. The van der Waals surface area contributed by atoms with Crippen molar-refractivity contribution in [3.05, 3.63) is 92.4 Å². The first kappa shape index (κ1) is 27.0. The number of hydrogen-bond acceptors (Lipinski definition) is 6. The second-order valence-electron chi connectivity index (χ2n) is 10.7. The summed E-state index contributed by atoms with van der Waals surface area (Å²) in [4.78, 5) is 18.7. The molecule has 42 heavy (non-hydrogen) atoms. The second kappa shape index (κ2) is 9.71. The molecule has 4 radical (unpaired) electrons. The molecule has 0 saturated heterocycles. The van der Waals surface area contributed by atoms with Crippen LogP contribution in [0, 0.1) is 64.2 Å². The highest BCUT2D eigenvalue weighted by Crippen LogP contribution is 2.24. The Morgan fingerprint density at radius 3 is 1.26 bits per heavy atom. The maximum Gasteiger partial charge on any atom is 0.234 e. The smallest absolute Gasteiger partial charge is 0.234 e. The zero-order chi connectivity index (χ0) is 30.0. The van der Waals surface area contributed by atoms with E-state index >= 15 is 0 Å². The lowest BCUT2D eigenvalue weighted by atomic mass is 10.1. The highest BCUT2D eigenvalue weighted by atomic mass is 14.9. The summed E-state index contributed by atoms with van der Waals surface area (Å²) in [5.74, 6) is 0. The van der Waals surface area contributed by atoms with Gasteiger partial charge in [-0.05, 0) is 88.1 Å². The van der Waals surface area contributed by atoms with E-state index in [0.717, 1.165) is 33.3 Å². The van der Waals surface area contributed by atoms with Crippen molar-refractivity contribution >= 4 is 59.9 Å². The van der Waals surface area contributed by atoms with Gasteiger partial charge in [-0.25, -0.2) is 9.97 Å². The van der Waals surface area contributed by atoms with Crippen molar-refractivity contribution in [2.24, 2.45) is 0 Å². The molecule has 0 atom stereocenters. The number of nitrogens with zero attached hydrogens (tertiary/aromatic N) is 8. The van der Waals surface area contributed by atoms with Gasteiger partial charge in [0.25, 0.3) is 0 Å². The SMILES string of the molecule is [B]n1c(C)c2/c(=C(\C#N)c3cnc4cc(C)c(C)cc4n3)n([B])c(C)c2/c1=C(\C#N)c1cnc2cc(C)c(C)cc2n1. The molecule has 0 fully saturated rings. The Labute approximate surface area is 245 Å². The molecule has 6 rings (SSSR count). The normalized spacial score (nSPS) is 13.0. The van der Waals surface area contributed by atoms with Crippen LogP contribution in [0.1, 0.15) is 45.0 Å². The lowest BCUT2D eigenvalue weighted by Crippen LogP contribution is -2.24. The molecule has 10 heteroatoms. The summed E-state index contributed by atoms with van der Waals surface area (Å²) in [7, 11) is 13.3. The van der Waals surface area contributed by atoms with Gasteiger partial charge in [-0.3, -0.25) is 9.97 Å². The fourth-order valence-corrected chi connectivity index (χ4v) is 5.49. The van der Waals surface area contributed by atoms with Crippen molar-refractivity contribution in [2.75, 3.05) is 0 Å². The van der Waals surface area contributed by atoms with Crippen LogP contribution in [0.5, 0.6) is 0 Å².